The molecule has 4 nitrogen and oxygen atoms in total. The average molecular weight is 254 g/mol. The van der Waals surface area contributed by atoms with Gasteiger partial charge in [-0.05, 0) is 12.8 Å². The quantitative estimate of drug-likeness (QED) is 0.755. The molecule has 0 atom stereocenters. The van der Waals surface area contributed by atoms with Crippen molar-refractivity contribution in [2.75, 3.05) is 26.2 Å². The van der Waals surface area contributed by atoms with Crippen LogP contribution in [0.2, 0.25) is 0 Å². The van der Waals surface area contributed by atoms with E-state index >= 15 is 0 Å². The smallest absolute Gasteiger partial charge is 0.228 e. The maximum absolute atomic E-state index is 12.2. The van der Waals surface area contributed by atoms with E-state index < -0.39 is 0 Å². The fraction of sp³-hybridized carbons (Fsp3) is 0.857. The molecule has 0 radical (unpaired) electrons. The fourth-order valence-electron chi connectivity index (χ4n) is 2.22. The van der Waals surface area contributed by atoms with E-state index in [4.69, 9.17) is 0 Å². The first-order valence-electron chi connectivity index (χ1n) is 6.93. The van der Waals surface area contributed by atoms with Gasteiger partial charge in [-0.1, -0.05) is 27.7 Å². The molecule has 0 saturated carbocycles. The third kappa shape index (κ3) is 4.00. The van der Waals surface area contributed by atoms with Crippen molar-refractivity contribution < 1.29 is 9.59 Å². The van der Waals surface area contributed by atoms with Gasteiger partial charge >= 0.3 is 0 Å². The topological polar surface area (TPSA) is 40.6 Å². The monoisotopic (exact) mass is 254 g/mol. The molecule has 1 aliphatic rings. The van der Waals surface area contributed by atoms with Crippen molar-refractivity contribution in [3.63, 3.8) is 0 Å². The van der Waals surface area contributed by atoms with Crippen LogP contribution >= 0.6 is 0 Å². The minimum absolute atomic E-state index is 0.187. The van der Waals surface area contributed by atoms with E-state index in [1.165, 1.54) is 0 Å². The van der Waals surface area contributed by atoms with Crippen LogP contribution in [0.3, 0.4) is 0 Å². The van der Waals surface area contributed by atoms with Crippen molar-refractivity contribution in [1.29, 1.82) is 0 Å². The minimum Gasteiger partial charge on any atom is -0.341 e. The molecular weight excluding hydrogens is 228 g/mol. The van der Waals surface area contributed by atoms with Gasteiger partial charge in [0.25, 0.3) is 0 Å². The molecule has 1 aliphatic heterocycles. The van der Waals surface area contributed by atoms with Crippen LogP contribution in [-0.4, -0.2) is 47.8 Å². The van der Waals surface area contributed by atoms with Crippen LogP contribution in [0.5, 0.6) is 0 Å². The Bertz CT molecular complexity index is 307. The summed E-state index contributed by atoms with van der Waals surface area (Å²) in [5.41, 5.74) is -0.331. The highest BCUT2D eigenvalue weighted by Gasteiger charge is 2.29. The number of carbonyl (C=O) groups is 2. The molecule has 0 aromatic carbocycles. The van der Waals surface area contributed by atoms with Crippen LogP contribution in [0, 0.1) is 5.41 Å². The third-order valence-electron chi connectivity index (χ3n) is 3.24. The summed E-state index contributed by atoms with van der Waals surface area (Å²) in [4.78, 5) is 27.8. The fourth-order valence-corrected chi connectivity index (χ4v) is 2.22. The second-order valence-electron chi connectivity index (χ2n) is 6.03. The zero-order valence-corrected chi connectivity index (χ0v) is 12.2. The van der Waals surface area contributed by atoms with Gasteiger partial charge < -0.3 is 9.80 Å². The maximum atomic E-state index is 12.2. The Balaban J connectivity index is 2.56. The Labute approximate surface area is 110 Å². The Hall–Kier alpha value is -1.06. The second-order valence-corrected chi connectivity index (χ2v) is 6.03. The van der Waals surface area contributed by atoms with Gasteiger partial charge in [-0.25, -0.2) is 0 Å². The molecule has 0 spiro atoms. The first kappa shape index (κ1) is 15.0. The molecular formula is C14H26N2O2. The second kappa shape index (κ2) is 6.21. The molecule has 0 aliphatic carbocycles. The van der Waals surface area contributed by atoms with Crippen molar-refractivity contribution in [1.82, 2.24) is 9.80 Å². The molecule has 18 heavy (non-hydrogen) atoms. The van der Waals surface area contributed by atoms with Crippen molar-refractivity contribution in [2.45, 2.75) is 47.0 Å². The number of carbonyl (C=O) groups excluding carboxylic acids is 2. The number of rotatable bonds is 2. The molecule has 2 amide bonds. The zero-order valence-electron chi connectivity index (χ0n) is 12.2. The van der Waals surface area contributed by atoms with Crippen LogP contribution in [0.15, 0.2) is 0 Å². The number of hydrogen-bond donors (Lipinski definition) is 0. The Morgan fingerprint density at radius 3 is 2.11 bits per heavy atom. The van der Waals surface area contributed by atoms with Gasteiger partial charge in [0.2, 0.25) is 11.8 Å². The Morgan fingerprint density at radius 2 is 1.56 bits per heavy atom. The van der Waals surface area contributed by atoms with Gasteiger partial charge in [0.1, 0.15) is 0 Å². The Kier molecular flexibility index (Phi) is 5.17. The molecule has 1 saturated heterocycles. The van der Waals surface area contributed by atoms with E-state index in [0.717, 1.165) is 25.9 Å². The summed E-state index contributed by atoms with van der Waals surface area (Å²) in [5.74, 6) is 0.412. The van der Waals surface area contributed by atoms with E-state index in [1.54, 1.807) is 0 Å². The summed E-state index contributed by atoms with van der Waals surface area (Å²) in [6.07, 6.45) is 2.39. The lowest BCUT2D eigenvalue weighted by Gasteiger charge is -2.28. The van der Waals surface area contributed by atoms with Gasteiger partial charge in [-0.3, -0.25) is 9.59 Å². The number of nitrogens with zero attached hydrogens (tertiary/aromatic N) is 2. The zero-order chi connectivity index (χ0) is 13.8. The summed E-state index contributed by atoms with van der Waals surface area (Å²) < 4.78 is 0. The SMILES string of the molecule is CCCC(=O)N1CCCN(C(=O)C(C)(C)C)CC1. The van der Waals surface area contributed by atoms with E-state index in [1.807, 2.05) is 37.5 Å². The van der Waals surface area contributed by atoms with Crippen molar-refractivity contribution >= 4 is 11.8 Å². The summed E-state index contributed by atoms with van der Waals surface area (Å²) in [6, 6.07) is 0. The minimum atomic E-state index is -0.331. The molecule has 1 heterocycles. The van der Waals surface area contributed by atoms with E-state index in [9.17, 15) is 9.59 Å². The van der Waals surface area contributed by atoms with Crippen LogP contribution < -0.4 is 0 Å². The van der Waals surface area contributed by atoms with Crippen LogP contribution in [0.25, 0.3) is 0 Å². The van der Waals surface area contributed by atoms with Crippen molar-refractivity contribution in [3.05, 3.63) is 0 Å². The molecule has 0 bridgehead atoms. The summed E-state index contributed by atoms with van der Waals surface area (Å²) >= 11 is 0. The molecule has 0 aromatic heterocycles. The molecule has 0 aromatic rings. The molecule has 1 rings (SSSR count). The predicted octanol–water partition coefficient (Wildman–Crippen LogP) is 1.89. The lowest BCUT2D eigenvalue weighted by atomic mass is 9.94. The molecule has 0 N–H and O–H groups in total. The maximum Gasteiger partial charge on any atom is 0.228 e. The van der Waals surface area contributed by atoms with Gasteiger partial charge in [-0.2, -0.15) is 0 Å². The largest absolute Gasteiger partial charge is 0.341 e. The highest BCUT2D eigenvalue weighted by molar-refractivity contribution is 5.81. The van der Waals surface area contributed by atoms with Gasteiger partial charge in [0, 0.05) is 38.0 Å². The lowest BCUT2D eigenvalue weighted by molar-refractivity contribution is -0.139. The van der Waals surface area contributed by atoms with Crippen LogP contribution in [0.1, 0.15) is 47.0 Å². The Morgan fingerprint density at radius 1 is 1.00 bits per heavy atom. The van der Waals surface area contributed by atoms with Gasteiger partial charge in [0.05, 0.1) is 0 Å². The highest BCUT2D eigenvalue weighted by Crippen LogP contribution is 2.18. The lowest BCUT2D eigenvalue weighted by Crippen LogP contribution is -2.42. The normalized spacial score (nSPS) is 17.6. The third-order valence-corrected chi connectivity index (χ3v) is 3.24. The standard InChI is InChI=1S/C14H26N2O2/c1-5-7-12(17)15-8-6-9-16(11-10-15)13(18)14(2,3)4/h5-11H2,1-4H3. The first-order valence-corrected chi connectivity index (χ1v) is 6.93. The highest BCUT2D eigenvalue weighted by atomic mass is 16.2. The van der Waals surface area contributed by atoms with Crippen LogP contribution in [-0.2, 0) is 9.59 Å². The molecule has 4 heteroatoms. The summed E-state index contributed by atoms with van der Waals surface area (Å²) in [7, 11) is 0. The average Bonchev–Trinajstić information content (AvgIpc) is 2.52. The van der Waals surface area contributed by atoms with Crippen molar-refractivity contribution in [2.24, 2.45) is 5.41 Å². The van der Waals surface area contributed by atoms with E-state index in [0.29, 0.717) is 19.5 Å². The van der Waals surface area contributed by atoms with E-state index in [2.05, 4.69) is 0 Å². The summed E-state index contributed by atoms with van der Waals surface area (Å²) in [5, 5.41) is 0. The van der Waals surface area contributed by atoms with Gasteiger partial charge in [-0.15, -0.1) is 0 Å². The van der Waals surface area contributed by atoms with Crippen molar-refractivity contribution in [3.8, 4) is 0 Å². The van der Waals surface area contributed by atoms with E-state index in [-0.39, 0.29) is 17.2 Å². The predicted molar refractivity (Wildman–Crippen MR) is 72.1 cm³/mol. The molecule has 1 fully saturated rings. The van der Waals surface area contributed by atoms with Crippen LogP contribution in [0.4, 0.5) is 0 Å². The molecule has 104 valence electrons. The first-order chi connectivity index (χ1) is 8.36. The number of amides is 2. The number of hydrogen-bond acceptors (Lipinski definition) is 2. The molecule has 0 unspecified atom stereocenters. The summed E-state index contributed by atoms with van der Waals surface area (Å²) in [6.45, 7) is 10.8. The van der Waals surface area contributed by atoms with Gasteiger partial charge in [0.15, 0.2) is 0 Å².